The lowest BCUT2D eigenvalue weighted by Gasteiger charge is -2.12. The molecule has 102 valence electrons. The summed E-state index contributed by atoms with van der Waals surface area (Å²) in [6.07, 6.45) is -0.828. The van der Waals surface area contributed by atoms with E-state index >= 15 is 0 Å². The van der Waals surface area contributed by atoms with Gasteiger partial charge in [-0.2, -0.15) is 13.2 Å². The third-order valence-corrected chi connectivity index (χ3v) is 3.17. The van der Waals surface area contributed by atoms with Crippen molar-refractivity contribution in [1.82, 2.24) is 19.7 Å². The monoisotopic (exact) mass is 290 g/mol. The second-order valence-corrected chi connectivity index (χ2v) is 4.98. The minimum absolute atomic E-state index is 0.0264. The highest BCUT2D eigenvalue weighted by molar-refractivity contribution is 7.84. The van der Waals surface area contributed by atoms with Crippen LogP contribution in [-0.4, -0.2) is 30.2 Å². The first-order valence-electron chi connectivity index (χ1n) is 5.12. The van der Waals surface area contributed by atoms with Crippen molar-refractivity contribution in [2.24, 2.45) is 0 Å². The zero-order valence-electron chi connectivity index (χ0n) is 9.76. The van der Waals surface area contributed by atoms with Crippen LogP contribution in [0.5, 0.6) is 0 Å². The average molecular weight is 290 g/mol. The molecule has 0 radical (unpaired) electrons. The number of hydrogen-bond acceptors (Lipinski definition) is 4. The van der Waals surface area contributed by atoms with E-state index in [1.165, 1.54) is 29.3 Å². The molecule has 0 aliphatic rings. The SMILES string of the molecule is CS(=O)c1nncn1Cc1cccnc1C(F)(F)F. The van der Waals surface area contributed by atoms with Gasteiger partial charge >= 0.3 is 6.18 Å². The van der Waals surface area contributed by atoms with Gasteiger partial charge in [0, 0.05) is 18.0 Å². The Morgan fingerprint density at radius 2 is 2.16 bits per heavy atom. The normalized spacial score (nSPS) is 13.5. The summed E-state index contributed by atoms with van der Waals surface area (Å²) in [5.41, 5.74) is -0.988. The number of rotatable bonds is 3. The van der Waals surface area contributed by atoms with Crippen LogP contribution in [-0.2, 0) is 23.5 Å². The minimum Gasteiger partial charge on any atom is -0.302 e. The summed E-state index contributed by atoms with van der Waals surface area (Å²) in [7, 11) is -1.42. The molecule has 1 unspecified atom stereocenters. The lowest BCUT2D eigenvalue weighted by molar-refractivity contribution is -0.141. The molecule has 9 heteroatoms. The maximum atomic E-state index is 12.8. The molecule has 2 rings (SSSR count). The molecular weight excluding hydrogens is 281 g/mol. The van der Waals surface area contributed by atoms with E-state index in [2.05, 4.69) is 15.2 Å². The Labute approximate surface area is 109 Å². The summed E-state index contributed by atoms with van der Waals surface area (Å²) >= 11 is 0. The van der Waals surface area contributed by atoms with Gasteiger partial charge in [-0.3, -0.25) is 9.19 Å². The fourth-order valence-electron chi connectivity index (χ4n) is 1.58. The molecule has 5 nitrogen and oxygen atoms in total. The van der Waals surface area contributed by atoms with Gasteiger partial charge in [0.15, 0.2) is 0 Å². The Kier molecular flexibility index (Phi) is 3.65. The van der Waals surface area contributed by atoms with Crippen LogP contribution in [0.1, 0.15) is 11.3 Å². The van der Waals surface area contributed by atoms with Gasteiger partial charge in [0.25, 0.3) is 0 Å². The summed E-state index contributed by atoms with van der Waals surface area (Å²) in [5, 5.41) is 7.29. The van der Waals surface area contributed by atoms with Crippen molar-refractivity contribution in [3.05, 3.63) is 35.9 Å². The predicted molar refractivity (Wildman–Crippen MR) is 60.7 cm³/mol. The van der Waals surface area contributed by atoms with Crippen molar-refractivity contribution in [3.8, 4) is 0 Å². The van der Waals surface area contributed by atoms with Crippen LogP contribution in [0.25, 0.3) is 0 Å². The van der Waals surface area contributed by atoms with Crippen LogP contribution in [0.2, 0.25) is 0 Å². The lowest BCUT2D eigenvalue weighted by atomic mass is 10.2. The van der Waals surface area contributed by atoms with E-state index < -0.39 is 22.7 Å². The predicted octanol–water partition coefficient (Wildman–Crippen LogP) is 1.48. The van der Waals surface area contributed by atoms with Crippen molar-refractivity contribution in [1.29, 1.82) is 0 Å². The van der Waals surface area contributed by atoms with Crippen LogP contribution in [0, 0.1) is 0 Å². The third kappa shape index (κ3) is 2.98. The maximum absolute atomic E-state index is 12.8. The molecule has 0 amide bonds. The Balaban J connectivity index is 2.39. The number of aromatic nitrogens is 4. The molecule has 2 aromatic rings. The summed E-state index contributed by atoms with van der Waals surface area (Å²) in [5.74, 6) is 0. The van der Waals surface area contributed by atoms with E-state index in [1.807, 2.05) is 0 Å². The molecule has 1 atom stereocenters. The topological polar surface area (TPSA) is 60.7 Å². The van der Waals surface area contributed by atoms with Gasteiger partial charge in [0.2, 0.25) is 5.16 Å². The molecule has 2 aromatic heterocycles. The summed E-state index contributed by atoms with van der Waals surface area (Å²) in [4.78, 5) is 3.35. The molecule has 0 bridgehead atoms. The highest BCUT2D eigenvalue weighted by Gasteiger charge is 2.35. The van der Waals surface area contributed by atoms with Crippen LogP contribution in [0.15, 0.2) is 29.8 Å². The quantitative estimate of drug-likeness (QED) is 0.859. The standard InChI is InChI=1S/C10H9F3N4OS/c1-19(18)9-16-15-6-17(9)5-7-3-2-4-14-8(7)10(11,12)13/h2-4,6H,5H2,1H3. The maximum Gasteiger partial charge on any atom is 0.433 e. The number of halogens is 3. The number of alkyl halides is 3. The van der Waals surface area contributed by atoms with Crippen molar-refractivity contribution < 1.29 is 17.4 Å². The van der Waals surface area contributed by atoms with Crippen LogP contribution < -0.4 is 0 Å². The zero-order valence-corrected chi connectivity index (χ0v) is 10.6. The smallest absolute Gasteiger partial charge is 0.302 e. The third-order valence-electron chi connectivity index (χ3n) is 2.34. The van der Waals surface area contributed by atoms with Crippen LogP contribution >= 0.6 is 0 Å². The fraction of sp³-hybridized carbons (Fsp3) is 0.300. The Morgan fingerprint density at radius 3 is 2.79 bits per heavy atom. The van der Waals surface area contributed by atoms with Crippen molar-refractivity contribution in [2.45, 2.75) is 17.9 Å². The first-order chi connectivity index (χ1) is 8.89. The van der Waals surface area contributed by atoms with Crippen LogP contribution in [0.4, 0.5) is 13.2 Å². The molecule has 19 heavy (non-hydrogen) atoms. The minimum atomic E-state index is -4.53. The summed E-state index contributed by atoms with van der Waals surface area (Å²) in [6.45, 7) is -0.134. The molecule has 0 spiro atoms. The first kappa shape index (κ1) is 13.7. The first-order valence-corrected chi connectivity index (χ1v) is 6.67. The largest absolute Gasteiger partial charge is 0.433 e. The van der Waals surface area contributed by atoms with Gasteiger partial charge < -0.3 is 4.57 Å². The molecule has 0 saturated heterocycles. The van der Waals surface area contributed by atoms with Crippen molar-refractivity contribution >= 4 is 10.8 Å². The van der Waals surface area contributed by atoms with Gasteiger partial charge in [-0.15, -0.1) is 10.2 Å². The van der Waals surface area contributed by atoms with E-state index in [1.54, 1.807) is 0 Å². The highest BCUT2D eigenvalue weighted by Crippen LogP contribution is 2.30. The fourth-order valence-corrected chi connectivity index (χ4v) is 2.18. The summed E-state index contributed by atoms with van der Waals surface area (Å²) in [6, 6.07) is 2.73. The Hall–Kier alpha value is -1.77. The summed E-state index contributed by atoms with van der Waals surface area (Å²) < 4.78 is 51.0. The van der Waals surface area contributed by atoms with E-state index in [9.17, 15) is 17.4 Å². The molecule has 0 saturated carbocycles. The van der Waals surface area contributed by atoms with Crippen LogP contribution in [0.3, 0.4) is 0 Å². The Bertz CT molecular complexity index is 611. The van der Waals surface area contributed by atoms with E-state index in [0.29, 0.717) is 0 Å². The molecule has 2 heterocycles. The molecule has 0 fully saturated rings. The molecule has 0 aromatic carbocycles. The molecular formula is C10H9F3N4OS. The molecule has 0 N–H and O–H groups in total. The molecule has 0 aliphatic heterocycles. The van der Waals surface area contributed by atoms with E-state index in [-0.39, 0.29) is 17.3 Å². The van der Waals surface area contributed by atoms with Gasteiger partial charge in [-0.25, -0.2) is 0 Å². The van der Waals surface area contributed by atoms with E-state index in [4.69, 9.17) is 0 Å². The van der Waals surface area contributed by atoms with Crippen molar-refractivity contribution in [3.63, 3.8) is 0 Å². The second-order valence-electron chi connectivity index (χ2n) is 3.70. The van der Waals surface area contributed by atoms with Gasteiger partial charge in [0.05, 0.1) is 17.3 Å². The Morgan fingerprint density at radius 1 is 1.42 bits per heavy atom. The average Bonchev–Trinajstić information content (AvgIpc) is 2.76. The highest BCUT2D eigenvalue weighted by atomic mass is 32.2. The van der Waals surface area contributed by atoms with Crippen molar-refractivity contribution in [2.75, 3.05) is 6.26 Å². The van der Waals surface area contributed by atoms with Gasteiger partial charge in [-0.05, 0) is 6.07 Å². The zero-order chi connectivity index (χ0) is 14.0. The number of hydrogen-bond donors (Lipinski definition) is 0. The number of nitrogens with zero attached hydrogens (tertiary/aromatic N) is 4. The van der Waals surface area contributed by atoms with Gasteiger partial charge in [-0.1, -0.05) is 6.07 Å². The van der Waals surface area contributed by atoms with E-state index in [0.717, 1.165) is 6.20 Å². The van der Waals surface area contributed by atoms with Gasteiger partial charge in [0.1, 0.15) is 12.0 Å². The lowest BCUT2D eigenvalue weighted by Crippen LogP contribution is -2.14. The second kappa shape index (κ2) is 5.08. The number of pyridine rings is 1. The molecule has 0 aliphatic carbocycles.